The van der Waals surface area contributed by atoms with Crippen LogP contribution in [0.25, 0.3) is 0 Å². The zero-order chi connectivity index (χ0) is 13.9. The first kappa shape index (κ1) is 13.4. The van der Waals surface area contributed by atoms with E-state index in [1.165, 1.54) is 0 Å². The van der Waals surface area contributed by atoms with E-state index in [4.69, 9.17) is 0 Å². The monoisotopic (exact) mass is 332 g/mol. The summed E-state index contributed by atoms with van der Waals surface area (Å²) >= 11 is 3.46. The highest BCUT2D eigenvalue weighted by atomic mass is 79.9. The molecule has 1 fully saturated rings. The second-order valence-corrected chi connectivity index (χ2v) is 5.99. The molecular formula is C16H17BrN2O. The van der Waals surface area contributed by atoms with E-state index in [-0.39, 0.29) is 5.91 Å². The van der Waals surface area contributed by atoms with Crippen LogP contribution in [0.4, 0.5) is 0 Å². The van der Waals surface area contributed by atoms with Gasteiger partial charge in [0.25, 0.3) is 5.91 Å². The second kappa shape index (κ2) is 5.83. The molecule has 4 heteroatoms. The number of carbonyl (C=O) groups excluding carboxylic acids is 1. The van der Waals surface area contributed by atoms with Crippen molar-refractivity contribution in [3.8, 4) is 0 Å². The first-order chi connectivity index (χ1) is 9.75. The third-order valence-corrected chi connectivity index (χ3v) is 4.60. The molecule has 1 aliphatic heterocycles. The molecule has 2 heterocycles. The molecule has 20 heavy (non-hydrogen) atoms. The molecule has 0 radical (unpaired) electrons. The predicted octanol–water partition coefficient (Wildman–Crippen LogP) is 3.73. The average molecular weight is 333 g/mol. The summed E-state index contributed by atoms with van der Waals surface area (Å²) in [4.78, 5) is 14.5. The van der Waals surface area contributed by atoms with Crippen molar-refractivity contribution in [2.45, 2.75) is 18.9 Å². The molecule has 1 saturated heterocycles. The van der Waals surface area contributed by atoms with E-state index in [9.17, 15) is 4.79 Å². The van der Waals surface area contributed by atoms with Crippen molar-refractivity contribution in [1.82, 2.24) is 9.47 Å². The fourth-order valence-electron chi connectivity index (χ4n) is 2.76. The largest absolute Gasteiger partial charge is 0.351 e. The highest BCUT2D eigenvalue weighted by Gasteiger charge is 2.24. The van der Waals surface area contributed by atoms with Crippen molar-refractivity contribution in [3.63, 3.8) is 0 Å². The maximum atomic E-state index is 12.5. The molecule has 0 atom stereocenters. The Morgan fingerprint density at radius 3 is 2.35 bits per heavy atom. The van der Waals surface area contributed by atoms with Crippen LogP contribution in [0.3, 0.4) is 0 Å². The summed E-state index contributed by atoms with van der Waals surface area (Å²) in [5.74, 6) is 0.128. The fourth-order valence-corrected chi connectivity index (χ4v) is 3.22. The molecule has 2 aromatic rings. The van der Waals surface area contributed by atoms with E-state index >= 15 is 0 Å². The Morgan fingerprint density at radius 2 is 1.70 bits per heavy atom. The molecule has 0 aliphatic carbocycles. The molecule has 1 amide bonds. The van der Waals surface area contributed by atoms with E-state index in [1.807, 2.05) is 29.2 Å². The molecular weight excluding hydrogens is 316 g/mol. The minimum Gasteiger partial charge on any atom is -0.351 e. The number of carbonyl (C=O) groups is 1. The first-order valence-electron chi connectivity index (χ1n) is 6.92. The van der Waals surface area contributed by atoms with Crippen LogP contribution in [0.1, 0.15) is 29.2 Å². The van der Waals surface area contributed by atoms with Gasteiger partial charge in [0.2, 0.25) is 0 Å². The van der Waals surface area contributed by atoms with Gasteiger partial charge in [0.15, 0.2) is 0 Å². The topological polar surface area (TPSA) is 25.2 Å². The van der Waals surface area contributed by atoms with Gasteiger partial charge < -0.3 is 9.47 Å². The van der Waals surface area contributed by atoms with Gasteiger partial charge in [-0.3, -0.25) is 4.79 Å². The molecule has 3 rings (SSSR count). The van der Waals surface area contributed by atoms with E-state index < -0.39 is 0 Å². The lowest BCUT2D eigenvalue weighted by Crippen LogP contribution is -2.39. The van der Waals surface area contributed by atoms with Gasteiger partial charge in [-0.05, 0) is 53.0 Å². The standard InChI is InChI=1S/C16H17BrN2O/c17-15-6-2-1-5-14(15)16(20)19-11-7-13(8-12-19)18-9-3-4-10-18/h1-6,9-10,13H,7-8,11-12H2. The van der Waals surface area contributed by atoms with E-state index in [0.29, 0.717) is 6.04 Å². The Balaban J connectivity index is 1.66. The minimum atomic E-state index is 0.128. The highest BCUT2D eigenvalue weighted by Crippen LogP contribution is 2.25. The zero-order valence-corrected chi connectivity index (χ0v) is 12.8. The summed E-state index contributed by atoms with van der Waals surface area (Å²) in [5.41, 5.74) is 0.756. The molecule has 3 nitrogen and oxygen atoms in total. The number of hydrogen-bond acceptors (Lipinski definition) is 1. The zero-order valence-electron chi connectivity index (χ0n) is 11.2. The number of amides is 1. The summed E-state index contributed by atoms with van der Waals surface area (Å²) in [6, 6.07) is 12.3. The normalized spacial score (nSPS) is 16.4. The Kier molecular flexibility index (Phi) is 3.92. The van der Waals surface area contributed by atoms with Gasteiger partial charge in [0.05, 0.1) is 5.56 Å². The number of piperidine rings is 1. The van der Waals surface area contributed by atoms with Gasteiger partial charge in [0.1, 0.15) is 0 Å². The number of halogens is 1. The van der Waals surface area contributed by atoms with Gasteiger partial charge in [0, 0.05) is 36.0 Å². The van der Waals surface area contributed by atoms with Crippen LogP contribution in [-0.2, 0) is 0 Å². The molecule has 0 saturated carbocycles. The summed E-state index contributed by atoms with van der Waals surface area (Å²) in [6.45, 7) is 1.64. The van der Waals surface area contributed by atoms with Crippen molar-refractivity contribution in [2.24, 2.45) is 0 Å². The molecule has 0 bridgehead atoms. The molecule has 1 aromatic heterocycles. The summed E-state index contributed by atoms with van der Waals surface area (Å²) < 4.78 is 3.12. The third-order valence-electron chi connectivity index (χ3n) is 3.91. The first-order valence-corrected chi connectivity index (χ1v) is 7.71. The maximum Gasteiger partial charge on any atom is 0.254 e. The van der Waals surface area contributed by atoms with E-state index in [2.05, 4.69) is 45.0 Å². The van der Waals surface area contributed by atoms with Crippen molar-refractivity contribution in [2.75, 3.05) is 13.1 Å². The van der Waals surface area contributed by atoms with Crippen LogP contribution >= 0.6 is 15.9 Å². The Hall–Kier alpha value is -1.55. The van der Waals surface area contributed by atoms with E-state index in [0.717, 1.165) is 36.0 Å². The minimum absolute atomic E-state index is 0.128. The van der Waals surface area contributed by atoms with Gasteiger partial charge >= 0.3 is 0 Å². The Labute approximate surface area is 127 Å². The van der Waals surface area contributed by atoms with E-state index in [1.54, 1.807) is 0 Å². The van der Waals surface area contributed by atoms with Crippen molar-refractivity contribution < 1.29 is 4.79 Å². The maximum absolute atomic E-state index is 12.5. The molecule has 0 N–H and O–H groups in total. The van der Waals surface area contributed by atoms with Gasteiger partial charge in [-0.25, -0.2) is 0 Å². The number of hydrogen-bond donors (Lipinski definition) is 0. The van der Waals surface area contributed by atoms with Gasteiger partial charge in [-0.2, -0.15) is 0 Å². The quantitative estimate of drug-likeness (QED) is 0.822. The van der Waals surface area contributed by atoms with Crippen LogP contribution in [0.15, 0.2) is 53.3 Å². The summed E-state index contributed by atoms with van der Waals surface area (Å²) in [5, 5.41) is 0. The van der Waals surface area contributed by atoms with Crippen molar-refractivity contribution >= 4 is 21.8 Å². The molecule has 0 unspecified atom stereocenters. The second-order valence-electron chi connectivity index (χ2n) is 5.13. The SMILES string of the molecule is O=C(c1ccccc1Br)N1CCC(n2cccc2)CC1. The Morgan fingerprint density at radius 1 is 1.05 bits per heavy atom. The van der Waals surface area contributed by atoms with Crippen LogP contribution in [0.2, 0.25) is 0 Å². The van der Waals surface area contributed by atoms with Crippen LogP contribution in [-0.4, -0.2) is 28.5 Å². The number of benzene rings is 1. The number of likely N-dealkylation sites (tertiary alicyclic amines) is 1. The molecule has 104 valence electrons. The van der Waals surface area contributed by atoms with Crippen molar-refractivity contribution in [1.29, 1.82) is 0 Å². The predicted molar refractivity (Wildman–Crippen MR) is 82.7 cm³/mol. The van der Waals surface area contributed by atoms with Gasteiger partial charge in [-0.15, -0.1) is 0 Å². The lowest BCUT2D eigenvalue weighted by atomic mass is 10.0. The highest BCUT2D eigenvalue weighted by molar-refractivity contribution is 9.10. The number of aromatic nitrogens is 1. The molecule has 1 aliphatic rings. The van der Waals surface area contributed by atoms with Crippen LogP contribution in [0.5, 0.6) is 0 Å². The number of nitrogens with zero attached hydrogens (tertiary/aromatic N) is 2. The third kappa shape index (κ3) is 2.66. The molecule has 0 spiro atoms. The fraction of sp³-hybridized carbons (Fsp3) is 0.312. The van der Waals surface area contributed by atoms with Crippen LogP contribution < -0.4 is 0 Å². The lowest BCUT2D eigenvalue weighted by molar-refractivity contribution is 0.0694. The Bertz CT molecular complexity index is 586. The van der Waals surface area contributed by atoms with Crippen LogP contribution in [0, 0.1) is 0 Å². The smallest absolute Gasteiger partial charge is 0.254 e. The summed E-state index contributed by atoms with van der Waals surface area (Å²) in [7, 11) is 0. The van der Waals surface area contributed by atoms with Gasteiger partial charge in [-0.1, -0.05) is 12.1 Å². The average Bonchev–Trinajstić information content (AvgIpc) is 3.01. The number of rotatable bonds is 2. The lowest BCUT2D eigenvalue weighted by Gasteiger charge is -2.33. The summed E-state index contributed by atoms with van der Waals surface area (Å²) in [6.07, 6.45) is 6.25. The van der Waals surface area contributed by atoms with Crippen molar-refractivity contribution in [3.05, 3.63) is 58.8 Å². The molecule has 1 aromatic carbocycles.